The average Bonchev–Trinajstić information content (AvgIpc) is 3.43. The first-order chi connectivity index (χ1) is 14.2. The van der Waals surface area contributed by atoms with Crippen molar-refractivity contribution in [3.8, 4) is 0 Å². The number of rotatable bonds is 5. The van der Waals surface area contributed by atoms with E-state index in [-0.39, 0.29) is 24.0 Å². The molecular formula is C21H30ClIN6S. The number of thiazole rings is 1. The van der Waals surface area contributed by atoms with Crippen LogP contribution >= 0.6 is 46.9 Å². The molecule has 0 aliphatic carbocycles. The number of nitrogens with zero attached hydrogens (tertiary/aromatic N) is 5. The summed E-state index contributed by atoms with van der Waals surface area (Å²) >= 11 is 7.91. The van der Waals surface area contributed by atoms with Crippen molar-refractivity contribution in [1.82, 2.24) is 15.2 Å². The first kappa shape index (κ1) is 23.4. The van der Waals surface area contributed by atoms with Crippen molar-refractivity contribution in [2.24, 2.45) is 4.99 Å². The number of hydrogen-bond acceptors (Lipinski definition) is 5. The minimum Gasteiger partial charge on any atom is -0.368 e. The van der Waals surface area contributed by atoms with Crippen LogP contribution in [0.4, 0.5) is 10.8 Å². The standard InChI is InChI=1S/C21H29ClN6S.HI/c1-23-20(24-8-7-18-16-29-21(25-18)28-9-2-3-10-28)27-13-11-26(12-14-27)19-6-4-5-17(22)15-19;/h4-6,15-16H,2-3,7-14H2,1H3,(H,23,24);1H. The largest absolute Gasteiger partial charge is 0.368 e. The van der Waals surface area contributed by atoms with E-state index in [1.165, 1.54) is 29.4 Å². The second-order valence-corrected chi connectivity index (χ2v) is 8.77. The van der Waals surface area contributed by atoms with Crippen molar-refractivity contribution in [1.29, 1.82) is 0 Å². The fourth-order valence-corrected chi connectivity index (χ4v) is 5.05. The summed E-state index contributed by atoms with van der Waals surface area (Å²) in [6.45, 7) is 6.98. The summed E-state index contributed by atoms with van der Waals surface area (Å²) in [6, 6.07) is 8.09. The Bertz CT molecular complexity index is 830. The lowest BCUT2D eigenvalue weighted by Gasteiger charge is -2.37. The summed E-state index contributed by atoms with van der Waals surface area (Å²) in [5.74, 6) is 0.978. The van der Waals surface area contributed by atoms with E-state index in [0.717, 1.165) is 63.2 Å². The van der Waals surface area contributed by atoms with Crippen LogP contribution in [0.2, 0.25) is 5.02 Å². The summed E-state index contributed by atoms with van der Waals surface area (Å²) < 4.78 is 0. The molecule has 0 spiro atoms. The lowest BCUT2D eigenvalue weighted by atomic mass is 10.2. The van der Waals surface area contributed by atoms with Crippen LogP contribution in [-0.2, 0) is 6.42 Å². The molecule has 2 aliphatic heterocycles. The lowest BCUT2D eigenvalue weighted by molar-refractivity contribution is 0.373. The van der Waals surface area contributed by atoms with Gasteiger partial charge in [0, 0.05) is 75.4 Å². The molecule has 30 heavy (non-hydrogen) atoms. The molecule has 0 saturated carbocycles. The van der Waals surface area contributed by atoms with E-state index in [1.807, 2.05) is 25.2 Å². The first-order valence-corrected chi connectivity index (χ1v) is 11.6. The molecule has 2 aliphatic rings. The minimum atomic E-state index is 0. The summed E-state index contributed by atoms with van der Waals surface area (Å²) in [5.41, 5.74) is 2.36. The van der Waals surface area contributed by atoms with E-state index >= 15 is 0 Å². The van der Waals surface area contributed by atoms with Gasteiger partial charge in [0.2, 0.25) is 0 Å². The summed E-state index contributed by atoms with van der Waals surface area (Å²) in [7, 11) is 1.86. The molecule has 9 heteroatoms. The van der Waals surface area contributed by atoms with E-state index in [9.17, 15) is 0 Å². The molecule has 2 fully saturated rings. The Morgan fingerprint density at radius 2 is 1.90 bits per heavy atom. The molecule has 2 saturated heterocycles. The number of guanidine groups is 1. The summed E-state index contributed by atoms with van der Waals surface area (Å²) in [5, 5.41) is 7.68. The molecule has 0 radical (unpaired) electrons. The highest BCUT2D eigenvalue weighted by atomic mass is 127. The molecular weight excluding hydrogens is 531 g/mol. The number of aromatic nitrogens is 1. The topological polar surface area (TPSA) is 47.0 Å². The number of benzene rings is 1. The maximum Gasteiger partial charge on any atom is 0.193 e. The fourth-order valence-electron chi connectivity index (χ4n) is 3.95. The normalized spacial score (nSPS) is 17.3. The molecule has 1 aromatic heterocycles. The van der Waals surface area contributed by atoms with Crippen molar-refractivity contribution in [3.05, 3.63) is 40.4 Å². The van der Waals surface area contributed by atoms with Gasteiger partial charge in [0.25, 0.3) is 0 Å². The molecule has 0 bridgehead atoms. The number of nitrogens with one attached hydrogen (secondary N) is 1. The molecule has 0 amide bonds. The van der Waals surface area contributed by atoms with Gasteiger partial charge in [0.05, 0.1) is 5.69 Å². The third-order valence-electron chi connectivity index (χ3n) is 5.54. The summed E-state index contributed by atoms with van der Waals surface area (Å²) in [4.78, 5) is 16.4. The van der Waals surface area contributed by atoms with Gasteiger partial charge in [-0.3, -0.25) is 4.99 Å². The van der Waals surface area contributed by atoms with Crippen molar-refractivity contribution in [2.75, 3.05) is 62.7 Å². The van der Waals surface area contributed by atoms with E-state index in [2.05, 4.69) is 36.5 Å². The number of anilines is 2. The van der Waals surface area contributed by atoms with Crippen LogP contribution < -0.4 is 15.1 Å². The van der Waals surface area contributed by atoms with Crippen LogP contribution in [0.15, 0.2) is 34.6 Å². The number of halogens is 2. The predicted molar refractivity (Wildman–Crippen MR) is 139 cm³/mol. The van der Waals surface area contributed by atoms with Gasteiger partial charge in [-0.05, 0) is 31.0 Å². The average molecular weight is 561 g/mol. The Labute approximate surface area is 205 Å². The van der Waals surface area contributed by atoms with Gasteiger partial charge in [-0.1, -0.05) is 17.7 Å². The van der Waals surface area contributed by atoms with E-state index in [1.54, 1.807) is 11.3 Å². The van der Waals surface area contributed by atoms with Crippen LogP contribution in [0.5, 0.6) is 0 Å². The number of hydrogen-bond donors (Lipinski definition) is 1. The second-order valence-electron chi connectivity index (χ2n) is 7.49. The van der Waals surface area contributed by atoms with Gasteiger partial charge in [-0.15, -0.1) is 35.3 Å². The van der Waals surface area contributed by atoms with Gasteiger partial charge >= 0.3 is 0 Å². The Morgan fingerprint density at radius 3 is 2.60 bits per heavy atom. The Morgan fingerprint density at radius 1 is 1.13 bits per heavy atom. The van der Waals surface area contributed by atoms with Gasteiger partial charge in [-0.25, -0.2) is 4.98 Å². The predicted octanol–water partition coefficient (Wildman–Crippen LogP) is 3.95. The molecule has 0 atom stereocenters. The van der Waals surface area contributed by atoms with Crippen molar-refractivity contribution < 1.29 is 0 Å². The zero-order valence-electron chi connectivity index (χ0n) is 17.4. The molecule has 3 heterocycles. The molecule has 4 rings (SSSR count). The minimum absolute atomic E-state index is 0. The van der Waals surface area contributed by atoms with Crippen molar-refractivity contribution in [3.63, 3.8) is 0 Å². The highest BCUT2D eigenvalue weighted by molar-refractivity contribution is 14.0. The monoisotopic (exact) mass is 560 g/mol. The van der Waals surface area contributed by atoms with E-state index < -0.39 is 0 Å². The molecule has 164 valence electrons. The van der Waals surface area contributed by atoms with Crippen molar-refractivity contribution in [2.45, 2.75) is 19.3 Å². The van der Waals surface area contributed by atoms with Gasteiger partial charge in [0.1, 0.15) is 0 Å². The van der Waals surface area contributed by atoms with Gasteiger partial charge < -0.3 is 20.0 Å². The quantitative estimate of drug-likeness (QED) is 0.341. The second kappa shape index (κ2) is 11.4. The third kappa shape index (κ3) is 5.91. The fraction of sp³-hybridized carbons (Fsp3) is 0.524. The molecule has 6 nitrogen and oxygen atoms in total. The zero-order chi connectivity index (χ0) is 20.1. The highest BCUT2D eigenvalue weighted by Crippen LogP contribution is 2.24. The maximum atomic E-state index is 6.14. The van der Waals surface area contributed by atoms with Crippen LogP contribution in [0, 0.1) is 0 Å². The number of piperazine rings is 1. The summed E-state index contributed by atoms with van der Waals surface area (Å²) in [6.07, 6.45) is 3.50. The number of aliphatic imine (C=N–C) groups is 1. The van der Waals surface area contributed by atoms with Crippen LogP contribution in [0.3, 0.4) is 0 Å². The Kier molecular flexibility index (Phi) is 8.88. The zero-order valence-corrected chi connectivity index (χ0v) is 21.3. The van der Waals surface area contributed by atoms with Crippen LogP contribution in [0.1, 0.15) is 18.5 Å². The Hall–Kier alpha value is -1.26. The first-order valence-electron chi connectivity index (χ1n) is 10.4. The van der Waals surface area contributed by atoms with Crippen LogP contribution in [-0.4, -0.2) is 68.7 Å². The van der Waals surface area contributed by atoms with Gasteiger partial charge in [0.15, 0.2) is 11.1 Å². The molecule has 2 aromatic rings. The molecule has 1 aromatic carbocycles. The van der Waals surface area contributed by atoms with E-state index in [4.69, 9.17) is 16.6 Å². The van der Waals surface area contributed by atoms with Crippen LogP contribution in [0.25, 0.3) is 0 Å². The third-order valence-corrected chi connectivity index (χ3v) is 6.73. The SMILES string of the molecule is CN=C(NCCc1csc(N2CCCC2)n1)N1CCN(c2cccc(Cl)c2)CC1.I. The smallest absolute Gasteiger partial charge is 0.193 e. The van der Waals surface area contributed by atoms with Gasteiger partial charge in [-0.2, -0.15) is 0 Å². The molecule has 0 unspecified atom stereocenters. The Balaban J connectivity index is 0.00000256. The lowest BCUT2D eigenvalue weighted by Crippen LogP contribution is -2.52. The van der Waals surface area contributed by atoms with E-state index in [0.29, 0.717) is 0 Å². The maximum absolute atomic E-state index is 6.14. The van der Waals surface area contributed by atoms with Crippen molar-refractivity contribution >= 4 is 63.7 Å². The molecule has 1 N–H and O–H groups in total. The highest BCUT2D eigenvalue weighted by Gasteiger charge is 2.20.